The standard InChI is InChI=1S/C7H14BrN2/c1-3-10(4-2)6-5-9(8)7-10/h5-6H,3-4,7H2,1-2H3/q+1. The van der Waals surface area contributed by atoms with Crippen LogP contribution in [0.1, 0.15) is 13.8 Å². The highest BCUT2D eigenvalue weighted by Crippen LogP contribution is 2.19. The summed E-state index contributed by atoms with van der Waals surface area (Å²) in [6.45, 7) is 7.86. The summed E-state index contributed by atoms with van der Waals surface area (Å²) in [5, 5.41) is 0. The predicted octanol–water partition coefficient (Wildman–Crippen LogP) is 1.90. The van der Waals surface area contributed by atoms with Crippen molar-refractivity contribution in [1.82, 2.24) is 3.93 Å². The summed E-state index contributed by atoms with van der Waals surface area (Å²) in [5.74, 6) is 0. The van der Waals surface area contributed by atoms with Crippen molar-refractivity contribution in [2.75, 3.05) is 19.8 Å². The van der Waals surface area contributed by atoms with E-state index in [1.54, 1.807) is 0 Å². The van der Waals surface area contributed by atoms with E-state index in [1.165, 1.54) is 13.1 Å². The molecule has 0 N–H and O–H groups in total. The molecular formula is C7H14BrN2+. The normalized spacial score (nSPS) is 22.1. The Bertz CT molecular complexity index is 141. The van der Waals surface area contributed by atoms with Crippen LogP contribution in [0.25, 0.3) is 0 Å². The molecule has 10 heavy (non-hydrogen) atoms. The first-order chi connectivity index (χ1) is 4.72. The van der Waals surface area contributed by atoms with Gasteiger partial charge < -0.3 is 0 Å². The van der Waals surface area contributed by atoms with Gasteiger partial charge in [-0.3, -0.25) is 8.41 Å². The smallest absolute Gasteiger partial charge is 0.168 e. The van der Waals surface area contributed by atoms with Crippen molar-refractivity contribution in [2.45, 2.75) is 13.8 Å². The van der Waals surface area contributed by atoms with Crippen molar-refractivity contribution in [2.24, 2.45) is 0 Å². The van der Waals surface area contributed by atoms with Gasteiger partial charge in [0.15, 0.2) is 6.67 Å². The fourth-order valence-electron chi connectivity index (χ4n) is 1.21. The molecule has 1 aliphatic rings. The van der Waals surface area contributed by atoms with Crippen molar-refractivity contribution in [3.63, 3.8) is 0 Å². The van der Waals surface area contributed by atoms with Crippen LogP contribution in [0.2, 0.25) is 0 Å². The molecule has 0 fully saturated rings. The van der Waals surface area contributed by atoms with Crippen molar-refractivity contribution < 1.29 is 4.48 Å². The SMILES string of the molecule is CC[N+]1(CC)C=CN(Br)C1. The van der Waals surface area contributed by atoms with Gasteiger partial charge in [0.25, 0.3) is 0 Å². The molecule has 0 aromatic rings. The minimum absolute atomic E-state index is 1.06. The topological polar surface area (TPSA) is 3.24 Å². The molecule has 0 amide bonds. The molecule has 1 aliphatic heterocycles. The lowest BCUT2D eigenvalue weighted by Crippen LogP contribution is -2.42. The molecule has 0 aromatic heterocycles. The summed E-state index contributed by atoms with van der Waals surface area (Å²) in [6.07, 6.45) is 4.34. The Balaban J connectivity index is 2.61. The highest BCUT2D eigenvalue weighted by atomic mass is 79.9. The summed E-state index contributed by atoms with van der Waals surface area (Å²) in [5.41, 5.74) is 0. The summed E-state index contributed by atoms with van der Waals surface area (Å²) >= 11 is 3.43. The maximum absolute atomic E-state index is 3.43. The van der Waals surface area contributed by atoms with Gasteiger partial charge in [-0.15, -0.1) is 0 Å². The maximum atomic E-state index is 3.43. The van der Waals surface area contributed by atoms with Gasteiger partial charge in [0.1, 0.15) is 6.20 Å². The Kier molecular flexibility index (Phi) is 2.36. The van der Waals surface area contributed by atoms with Crippen LogP contribution in [-0.2, 0) is 0 Å². The third kappa shape index (κ3) is 1.35. The average Bonchev–Trinajstić information content (AvgIpc) is 2.33. The van der Waals surface area contributed by atoms with Crippen molar-refractivity contribution in [3.05, 3.63) is 12.4 Å². The third-order valence-electron chi connectivity index (χ3n) is 2.22. The molecule has 2 nitrogen and oxygen atoms in total. The number of hydrogen-bond donors (Lipinski definition) is 0. The Hall–Kier alpha value is -0.0200. The van der Waals surface area contributed by atoms with Crippen LogP contribution < -0.4 is 0 Å². The molecule has 0 atom stereocenters. The first-order valence-electron chi connectivity index (χ1n) is 3.70. The highest BCUT2D eigenvalue weighted by Gasteiger charge is 2.26. The predicted molar refractivity (Wildman–Crippen MR) is 46.1 cm³/mol. The van der Waals surface area contributed by atoms with Crippen LogP contribution in [0.4, 0.5) is 0 Å². The molecule has 0 aliphatic carbocycles. The van der Waals surface area contributed by atoms with Crippen LogP contribution in [0.15, 0.2) is 12.4 Å². The van der Waals surface area contributed by atoms with Gasteiger partial charge in [0, 0.05) is 0 Å². The monoisotopic (exact) mass is 205 g/mol. The molecule has 3 heteroatoms. The molecule has 0 spiro atoms. The van der Waals surface area contributed by atoms with E-state index in [2.05, 4.69) is 46.3 Å². The molecule has 1 rings (SSSR count). The van der Waals surface area contributed by atoms with Crippen LogP contribution in [0.5, 0.6) is 0 Å². The van der Waals surface area contributed by atoms with E-state index in [0.29, 0.717) is 0 Å². The lowest BCUT2D eigenvalue weighted by molar-refractivity contribution is -0.875. The van der Waals surface area contributed by atoms with Crippen LogP contribution in [0.3, 0.4) is 0 Å². The lowest BCUT2D eigenvalue weighted by atomic mass is 10.4. The highest BCUT2D eigenvalue weighted by molar-refractivity contribution is 9.07. The quantitative estimate of drug-likeness (QED) is 0.492. The van der Waals surface area contributed by atoms with Crippen molar-refractivity contribution in [3.8, 4) is 0 Å². The zero-order chi connectivity index (χ0) is 7.61. The second-order valence-corrected chi connectivity index (χ2v) is 3.60. The van der Waals surface area contributed by atoms with E-state index in [-0.39, 0.29) is 0 Å². The first-order valence-corrected chi connectivity index (χ1v) is 4.41. The summed E-state index contributed by atoms with van der Waals surface area (Å²) in [6, 6.07) is 0. The van der Waals surface area contributed by atoms with E-state index in [1.807, 2.05) is 0 Å². The largest absolute Gasteiger partial charge is 0.279 e. The Morgan fingerprint density at radius 2 is 2.10 bits per heavy atom. The second-order valence-electron chi connectivity index (χ2n) is 2.69. The number of hydrogen-bond acceptors (Lipinski definition) is 1. The van der Waals surface area contributed by atoms with Crippen LogP contribution in [0, 0.1) is 0 Å². The van der Waals surface area contributed by atoms with E-state index >= 15 is 0 Å². The van der Waals surface area contributed by atoms with E-state index in [9.17, 15) is 0 Å². The minimum atomic E-state index is 1.06. The molecule has 0 saturated carbocycles. The zero-order valence-electron chi connectivity index (χ0n) is 6.55. The summed E-state index contributed by atoms with van der Waals surface area (Å²) in [7, 11) is 0. The van der Waals surface area contributed by atoms with Gasteiger partial charge in [-0.1, -0.05) is 0 Å². The lowest BCUT2D eigenvalue weighted by Gasteiger charge is -2.28. The van der Waals surface area contributed by atoms with E-state index in [4.69, 9.17) is 0 Å². The molecule has 58 valence electrons. The van der Waals surface area contributed by atoms with Crippen molar-refractivity contribution >= 4 is 16.1 Å². The summed E-state index contributed by atoms with van der Waals surface area (Å²) in [4.78, 5) is 0. The van der Waals surface area contributed by atoms with Gasteiger partial charge in [-0.2, -0.15) is 0 Å². The van der Waals surface area contributed by atoms with Crippen LogP contribution in [-0.4, -0.2) is 28.2 Å². The van der Waals surface area contributed by atoms with E-state index in [0.717, 1.165) is 11.2 Å². The molecule has 0 unspecified atom stereocenters. The van der Waals surface area contributed by atoms with Crippen LogP contribution >= 0.6 is 16.1 Å². The first kappa shape index (κ1) is 8.08. The van der Waals surface area contributed by atoms with Gasteiger partial charge >= 0.3 is 0 Å². The number of nitrogens with zero attached hydrogens (tertiary/aromatic N) is 2. The molecule has 0 radical (unpaired) electrons. The molecule has 0 bridgehead atoms. The number of halogens is 1. The minimum Gasteiger partial charge on any atom is -0.279 e. The molecular weight excluding hydrogens is 192 g/mol. The van der Waals surface area contributed by atoms with Crippen molar-refractivity contribution in [1.29, 1.82) is 0 Å². The molecule has 1 heterocycles. The number of quaternary nitrogens is 1. The molecule has 0 aromatic carbocycles. The number of rotatable bonds is 2. The Morgan fingerprint density at radius 3 is 2.30 bits per heavy atom. The van der Waals surface area contributed by atoms with Gasteiger partial charge in [0.05, 0.1) is 35.4 Å². The molecule has 0 saturated heterocycles. The van der Waals surface area contributed by atoms with Gasteiger partial charge in [-0.05, 0) is 13.8 Å². The Labute approximate surface area is 71.0 Å². The zero-order valence-corrected chi connectivity index (χ0v) is 8.13. The Morgan fingerprint density at radius 1 is 1.50 bits per heavy atom. The fourth-order valence-corrected chi connectivity index (χ4v) is 1.76. The van der Waals surface area contributed by atoms with E-state index < -0.39 is 0 Å². The maximum Gasteiger partial charge on any atom is 0.168 e. The second kappa shape index (κ2) is 2.93. The summed E-state index contributed by atoms with van der Waals surface area (Å²) < 4.78 is 3.13. The van der Waals surface area contributed by atoms with Gasteiger partial charge in [0.2, 0.25) is 0 Å². The average molecular weight is 206 g/mol. The third-order valence-corrected chi connectivity index (χ3v) is 2.68. The van der Waals surface area contributed by atoms with Gasteiger partial charge in [-0.25, -0.2) is 0 Å². The fraction of sp³-hybridized carbons (Fsp3) is 0.714.